The van der Waals surface area contributed by atoms with E-state index < -0.39 is 45.3 Å². The molecule has 1 N–H and O–H groups in total. The summed E-state index contributed by atoms with van der Waals surface area (Å²) >= 11 is 5.60. The first-order chi connectivity index (χ1) is 13.7. The molecular weight excluding hydrogens is 441 g/mol. The average Bonchev–Trinajstić information content (AvgIpc) is 2.58. The van der Waals surface area contributed by atoms with Crippen LogP contribution in [0.15, 0.2) is 36.4 Å². The van der Waals surface area contributed by atoms with Gasteiger partial charge in [0.05, 0.1) is 28.6 Å². The van der Waals surface area contributed by atoms with Crippen LogP contribution in [0.4, 0.5) is 18.9 Å². The van der Waals surface area contributed by atoms with E-state index in [1.807, 2.05) is 32.0 Å². The number of sulfonamides is 1. The smallest absolute Gasteiger partial charge is 0.348 e. The maximum absolute atomic E-state index is 13.1. The Hall–Kier alpha value is -2.26. The van der Waals surface area contributed by atoms with Gasteiger partial charge in [0.1, 0.15) is 6.54 Å². The molecule has 0 saturated heterocycles. The lowest BCUT2D eigenvalue weighted by atomic mass is 10.0. The summed E-state index contributed by atoms with van der Waals surface area (Å²) in [7, 11) is -4.04. The van der Waals surface area contributed by atoms with Crippen LogP contribution in [0.1, 0.15) is 35.2 Å². The van der Waals surface area contributed by atoms with E-state index >= 15 is 0 Å². The Morgan fingerprint density at radius 2 is 1.80 bits per heavy atom. The van der Waals surface area contributed by atoms with Crippen LogP contribution in [0.2, 0.25) is 5.02 Å². The average molecular weight is 463 g/mol. The quantitative estimate of drug-likeness (QED) is 0.681. The summed E-state index contributed by atoms with van der Waals surface area (Å²) in [6.07, 6.45) is -3.95. The van der Waals surface area contributed by atoms with Crippen molar-refractivity contribution in [1.82, 2.24) is 5.32 Å². The zero-order chi connectivity index (χ0) is 22.9. The molecule has 0 saturated carbocycles. The summed E-state index contributed by atoms with van der Waals surface area (Å²) in [5.41, 5.74) is 1.38. The Kier molecular flexibility index (Phi) is 7.08. The van der Waals surface area contributed by atoms with Gasteiger partial charge in [-0.3, -0.25) is 9.10 Å². The van der Waals surface area contributed by atoms with Crippen molar-refractivity contribution in [3.63, 3.8) is 0 Å². The van der Waals surface area contributed by atoms with E-state index in [4.69, 9.17) is 11.6 Å². The highest BCUT2D eigenvalue weighted by atomic mass is 35.5. The van der Waals surface area contributed by atoms with Crippen molar-refractivity contribution >= 4 is 33.2 Å². The fraction of sp³-hybridized carbons (Fsp3) is 0.350. The lowest BCUT2D eigenvalue weighted by Gasteiger charge is -2.24. The molecule has 0 radical (unpaired) electrons. The molecule has 10 heteroatoms. The second-order valence-electron chi connectivity index (χ2n) is 7.08. The van der Waals surface area contributed by atoms with Crippen molar-refractivity contribution in [1.29, 1.82) is 0 Å². The molecule has 0 aliphatic rings. The third-order valence-electron chi connectivity index (χ3n) is 4.50. The monoisotopic (exact) mass is 462 g/mol. The van der Waals surface area contributed by atoms with Crippen molar-refractivity contribution in [2.24, 2.45) is 0 Å². The number of benzene rings is 2. The lowest BCUT2D eigenvalue weighted by Crippen LogP contribution is -2.41. The maximum atomic E-state index is 13.1. The second-order valence-corrected chi connectivity index (χ2v) is 9.39. The number of alkyl halides is 3. The molecule has 0 heterocycles. The third kappa shape index (κ3) is 5.89. The lowest BCUT2D eigenvalue weighted by molar-refractivity contribution is -0.137. The summed E-state index contributed by atoms with van der Waals surface area (Å²) in [5, 5.41) is 2.13. The highest BCUT2D eigenvalue weighted by Gasteiger charge is 2.34. The molecule has 0 aromatic heterocycles. The number of anilines is 1. The van der Waals surface area contributed by atoms with Crippen molar-refractivity contribution < 1.29 is 26.4 Å². The minimum Gasteiger partial charge on any atom is -0.348 e. The highest BCUT2D eigenvalue weighted by molar-refractivity contribution is 7.92. The van der Waals surface area contributed by atoms with Crippen molar-refractivity contribution in [2.75, 3.05) is 17.1 Å². The first-order valence-corrected chi connectivity index (χ1v) is 11.1. The van der Waals surface area contributed by atoms with Gasteiger partial charge in [0, 0.05) is 0 Å². The van der Waals surface area contributed by atoms with Gasteiger partial charge in [-0.2, -0.15) is 13.2 Å². The molecule has 2 rings (SSSR count). The Balaban J connectivity index is 2.29. The fourth-order valence-corrected chi connectivity index (χ4v) is 4.17. The molecule has 2 aromatic rings. The molecule has 0 aliphatic heterocycles. The summed E-state index contributed by atoms with van der Waals surface area (Å²) in [5.74, 6) is -0.656. The van der Waals surface area contributed by atoms with Gasteiger partial charge in [0.2, 0.25) is 15.9 Å². The van der Waals surface area contributed by atoms with E-state index in [1.54, 1.807) is 6.92 Å². The topological polar surface area (TPSA) is 66.5 Å². The molecule has 1 atom stereocenters. The minimum atomic E-state index is -4.77. The molecule has 1 amide bonds. The molecular formula is C20H22ClF3N2O3S. The zero-order valence-corrected chi connectivity index (χ0v) is 18.4. The van der Waals surface area contributed by atoms with Gasteiger partial charge in [-0.25, -0.2) is 8.42 Å². The van der Waals surface area contributed by atoms with Crippen LogP contribution in [0.3, 0.4) is 0 Å². The molecule has 30 heavy (non-hydrogen) atoms. The molecule has 0 bridgehead atoms. The van der Waals surface area contributed by atoms with Gasteiger partial charge in [0.15, 0.2) is 0 Å². The molecule has 5 nitrogen and oxygen atoms in total. The van der Waals surface area contributed by atoms with Crippen molar-refractivity contribution in [3.05, 3.63) is 63.7 Å². The van der Waals surface area contributed by atoms with E-state index in [0.717, 1.165) is 35.1 Å². The summed E-state index contributed by atoms with van der Waals surface area (Å²) in [4.78, 5) is 12.5. The standard InChI is InChI=1S/C20H22ClF3N2O3S/c1-12-5-7-16(13(2)9-12)14(3)25-19(27)11-26(30(4,28)29)15-6-8-18(21)17(10-15)20(22,23)24/h5-10,14H,11H2,1-4H3,(H,25,27)/t14-/m0/s1. The van der Waals surface area contributed by atoms with Crippen molar-refractivity contribution in [3.8, 4) is 0 Å². The highest BCUT2D eigenvalue weighted by Crippen LogP contribution is 2.37. The van der Waals surface area contributed by atoms with Crippen LogP contribution in [0, 0.1) is 13.8 Å². The minimum absolute atomic E-state index is 0.302. The Morgan fingerprint density at radius 1 is 1.17 bits per heavy atom. The molecule has 0 spiro atoms. The van der Waals surface area contributed by atoms with Crippen LogP contribution in [0.5, 0.6) is 0 Å². The van der Waals surface area contributed by atoms with E-state index in [2.05, 4.69) is 5.32 Å². The van der Waals surface area contributed by atoms with Gasteiger partial charge in [0.25, 0.3) is 0 Å². The number of aryl methyl sites for hydroxylation is 2. The van der Waals surface area contributed by atoms with E-state index in [1.165, 1.54) is 0 Å². The molecule has 0 fully saturated rings. The number of carbonyl (C=O) groups excluding carboxylic acids is 1. The van der Waals surface area contributed by atoms with E-state index in [-0.39, 0.29) is 5.69 Å². The van der Waals surface area contributed by atoms with Crippen LogP contribution >= 0.6 is 11.6 Å². The largest absolute Gasteiger partial charge is 0.417 e. The summed E-state index contributed by atoms with van der Waals surface area (Å²) < 4.78 is 64.4. The first kappa shape index (κ1) is 24.0. The number of nitrogens with zero attached hydrogens (tertiary/aromatic N) is 1. The van der Waals surface area contributed by atoms with Gasteiger partial charge >= 0.3 is 6.18 Å². The van der Waals surface area contributed by atoms with Gasteiger partial charge in [-0.05, 0) is 50.1 Å². The zero-order valence-electron chi connectivity index (χ0n) is 16.8. The van der Waals surface area contributed by atoms with Crippen LogP contribution in [0.25, 0.3) is 0 Å². The molecule has 164 valence electrons. The van der Waals surface area contributed by atoms with Crippen molar-refractivity contribution in [2.45, 2.75) is 33.0 Å². The number of nitrogens with one attached hydrogen (secondary N) is 1. The van der Waals surface area contributed by atoms with Gasteiger partial charge < -0.3 is 5.32 Å². The van der Waals surface area contributed by atoms with Gasteiger partial charge in [-0.15, -0.1) is 0 Å². The number of carbonyl (C=O) groups is 1. The normalized spacial score (nSPS) is 13.1. The summed E-state index contributed by atoms with van der Waals surface area (Å²) in [6, 6.07) is 7.97. The van der Waals surface area contributed by atoms with E-state index in [9.17, 15) is 26.4 Å². The molecule has 2 aromatic carbocycles. The number of hydrogen-bond acceptors (Lipinski definition) is 3. The Labute approximate surface area is 178 Å². The molecule has 0 aliphatic carbocycles. The SMILES string of the molecule is Cc1ccc([C@H](C)NC(=O)CN(c2ccc(Cl)c(C(F)(F)F)c2)S(C)(=O)=O)c(C)c1. The second kappa shape index (κ2) is 8.85. The Bertz CT molecular complexity index is 1060. The number of halogens is 4. The van der Waals surface area contributed by atoms with Gasteiger partial charge in [-0.1, -0.05) is 35.4 Å². The Morgan fingerprint density at radius 3 is 2.33 bits per heavy atom. The van der Waals surface area contributed by atoms with Crippen LogP contribution < -0.4 is 9.62 Å². The fourth-order valence-electron chi connectivity index (χ4n) is 3.09. The molecule has 0 unspecified atom stereocenters. The predicted octanol–water partition coefficient (Wildman–Crippen LogP) is 4.62. The first-order valence-electron chi connectivity index (χ1n) is 8.91. The maximum Gasteiger partial charge on any atom is 0.417 e. The summed E-state index contributed by atoms with van der Waals surface area (Å²) in [6.45, 7) is 4.89. The van der Waals surface area contributed by atoms with Crippen LogP contribution in [-0.4, -0.2) is 27.1 Å². The van der Waals surface area contributed by atoms with Crippen LogP contribution in [-0.2, 0) is 21.0 Å². The third-order valence-corrected chi connectivity index (χ3v) is 5.97. The predicted molar refractivity (Wildman–Crippen MR) is 111 cm³/mol. The number of rotatable bonds is 6. The number of hydrogen-bond donors (Lipinski definition) is 1. The number of amides is 1. The van der Waals surface area contributed by atoms with E-state index in [0.29, 0.717) is 10.4 Å².